The average molecular weight is 249 g/mol. The number of hydrogen-bond donors (Lipinski definition) is 2. The van der Waals surface area contributed by atoms with Crippen molar-refractivity contribution in [3.63, 3.8) is 0 Å². The van der Waals surface area contributed by atoms with Gasteiger partial charge in [0.15, 0.2) is 0 Å². The molecule has 1 aromatic rings. The second kappa shape index (κ2) is 6.99. The number of carbonyl (C=O) groups excluding carboxylic acids is 1. The molecule has 1 aromatic heterocycles. The normalized spacial score (nSPS) is 12.3. The second-order valence-corrected chi connectivity index (χ2v) is 4.96. The summed E-state index contributed by atoms with van der Waals surface area (Å²) in [7, 11) is 0. The minimum Gasteiger partial charge on any atom is -0.382 e. The predicted octanol–water partition coefficient (Wildman–Crippen LogP) is 2.68. The zero-order chi connectivity index (χ0) is 13.5. The van der Waals surface area contributed by atoms with Crippen LogP contribution in [0.15, 0.2) is 18.3 Å². The van der Waals surface area contributed by atoms with E-state index >= 15 is 0 Å². The highest BCUT2D eigenvalue weighted by Crippen LogP contribution is 2.13. The van der Waals surface area contributed by atoms with E-state index in [2.05, 4.69) is 36.4 Å². The summed E-state index contributed by atoms with van der Waals surface area (Å²) in [6.07, 6.45) is 2.76. The molecule has 1 heterocycles. The molecule has 4 nitrogen and oxygen atoms in total. The first-order chi connectivity index (χ1) is 8.52. The van der Waals surface area contributed by atoms with Crippen LogP contribution in [0.1, 0.15) is 44.6 Å². The van der Waals surface area contributed by atoms with Crippen molar-refractivity contribution in [2.75, 3.05) is 11.9 Å². The molecule has 100 valence electrons. The van der Waals surface area contributed by atoms with Crippen molar-refractivity contribution in [2.24, 2.45) is 5.92 Å². The molecule has 0 saturated carbocycles. The van der Waals surface area contributed by atoms with Gasteiger partial charge in [0.2, 0.25) is 0 Å². The van der Waals surface area contributed by atoms with Gasteiger partial charge in [-0.05, 0) is 38.3 Å². The number of nitrogens with one attached hydrogen (secondary N) is 2. The second-order valence-electron chi connectivity index (χ2n) is 4.96. The molecule has 2 N–H and O–H groups in total. The first-order valence-electron chi connectivity index (χ1n) is 6.53. The summed E-state index contributed by atoms with van der Waals surface area (Å²) in [4.78, 5) is 15.7. The molecule has 1 amide bonds. The van der Waals surface area contributed by atoms with Gasteiger partial charge >= 0.3 is 0 Å². The van der Waals surface area contributed by atoms with Crippen LogP contribution in [0.2, 0.25) is 0 Å². The van der Waals surface area contributed by atoms with Crippen LogP contribution in [0.5, 0.6) is 0 Å². The smallest absolute Gasteiger partial charge is 0.269 e. The van der Waals surface area contributed by atoms with E-state index < -0.39 is 0 Å². The number of rotatable bonds is 6. The Hall–Kier alpha value is -1.58. The number of anilines is 1. The van der Waals surface area contributed by atoms with Crippen LogP contribution < -0.4 is 10.6 Å². The molecule has 0 aromatic carbocycles. The number of carbonyl (C=O) groups is 1. The van der Waals surface area contributed by atoms with Gasteiger partial charge in [0.1, 0.15) is 5.69 Å². The molecule has 1 unspecified atom stereocenters. The molecular weight excluding hydrogens is 226 g/mol. The largest absolute Gasteiger partial charge is 0.382 e. The maximum absolute atomic E-state index is 11.7. The van der Waals surface area contributed by atoms with E-state index in [0.717, 1.165) is 12.1 Å². The van der Waals surface area contributed by atoms with E-state index in [1.165, 1.54) is 0 Å². The van der Waals surface area contributed by atoms with Crippen molar-refractivity contribution in [3.8, 4) is 0 Å². The van der Waals surface area contributed by atoms with Gasteiger partial charge in [-0.2, -0.15) is 0 Å². The Bertz CT molecular complexity index is 390. The van der Waals surface area contributed by atoms with Crippen LogP contribution in [0.3, 0.4) is 0 Å². The highest BCUT2D eigenvalue weighted by atomic mass is 16.1. The van der Waals surface area contributed by atoms with Crippen molar-refractivity contribution in [2.45, 2.75) is 40.2 Å². The minimum absolute atomic E-state index is 0.127. The van der Waals surface area contributed by atoms with Crippen molar-refractivity contribution in [3.05, 3.63) is 24.0 Å². The van der Waals surface area contributed by atoms with Gasteiger partial charge in [0.05, 0.1) is 0 Å². The average Bonchev–Trinajstić information content (AvgIpc) is 2.28. The molecule has 0 radical (unpaired) electrons. The van der Waals surface area contributed by atoms with Crippen molar-refractivity contribution >= 4 is 11.6 Å². The third-order valence-electron chi connectivity index (χ3n) is 2.57. The summed E-state index contributed by atoms with van der Waals surface area (Å²) in [6, 6.07) is 4.07. The van der Waals surface area contributed by atoms with Gasteiger partial charge in [0.25, 0.3) is 5.91 Å². The number of aromatic nitrogens is 1. The molecular formula is C14H23N3O. The molecule has 0 aliphatic heterocycles. The Balaban J connectivity index is 2.67. The SMILES string of the molecule is CCNC(=O)c1cc(NC(C)CC(C)C)ccn1. The summed E-state index contributed by atoms with van der Waals surface area (Å²) >= 11 is 0. The lowest BCUT2D eigenvalue weighted by molar-refractivity contribution is 0.0951. The molecule has 0 spiro atoms. The molecule has 1 rings (SSSR count). The van der Waals surface area contributed by atoms with Crippen LogP contribution in [0, 0.1) is 5.92 Å². The van der Waals surface area contributed by atoms with Gasteiger partial charge in [-0.15, -0.1) is 0 Å². The fourth-order valence-electron chi connectivity index (χ4n) is 1.95. The molecule has 0 aliphatic rings. The third-order valence-corrected chi connectivity index (χ3v) is 2.57. The van der Waals surface area contributed by atoms with Crippen molar-refractivity contribution < 1.29 is 4.79 Å². The van der Waals surface area contributed by atoms with Crippen molar-refractivity contribution in [1.82, 2.24) is 10.3 Å². The molecule has 1 atom stereocenters. The Morgan fingerprint density at radius 1 is 1.39 bits per heavy atom. The maximum Gasteiger partial charge on any atom is 0.269 e. The van der Waals surface area contributed by atoms with Crippen LogP contribution in [-0.4, -0.2) is 23.5 Å². The fourth-order valence-corrected chi connectivity index (χ4v) is 1.95. The standard InChI is InChI=1S/C14H23N3O/c1-5-15-14(18)13-9-12(6-7-16-13)17-11(4)8-10(2)3/h6-7,9-11H,5,8H2,1-4H3,(H,15,18)(H,16,17). The lowest BCUT2D eigenvalue weighted by Gasteiger charge is -2.17. The molecule has 4 heteroatoms. The van der Waals surface area contributed by atoms with Gasteiger partial charge in [-0.3, -0.25) is 9.78 Å². The summed E-state index contributed by atoms with van der Waals surface area (Å²) in [5.74, 6) is 0.523. The molecule has 0 fully saturated rings. The number of hydrogen-bond acceptors (Lipinski definition) is 3. The quantitative estimate of drug-likeness (QED) is 0.815. The fraction of sp³-hybridized carbons (Fsp3) is 0.571. The van der Waals surface area contributed by atoms with E-state index in [9.17, 15) is 4.79 Å². The number of amides is 1. The third kappa shape index (κ3) is 4.73. The highest BCUT2D eigenvalue weighted by Gasteiger charge is 2.08. The highest BCUT2D eigenvalue weighted by molar-refractivity contribution is 5.93. The molecule has 0 bridgehead atoms. The summed E-state index contributed by atoms with van der Waals surface area (Å²) in [6.45, 7) is 9.05. The lowest BCUT2D eigenvalue weighted by Crippen LogP contribution is -2.24. The van der Waals surface area contributed by atoms with Crippen molar-refractivity contribution in [1.29, 1.82) is 0 Å². The first kappa shape index (κ1) is 14.5. The zero-order valence-corrected chi connectivity index (χ0v) is 11.7. The van der Waals surface area contributed by atoms with Crippen LogP contribution >= 0.6 is 0 Å². The van der Waals surface area contributed by atoms with E-state index in [0.29, 0.717) is 24.2 Å². The molecule has 0 saturated heterocycles. The monoisotopic (exact) mass is 249 g/mol. The van der Waals surface area contributed by atoms with E-state index in [4.69, 9.17) is 0 Å². The van der Waals surface area contributed by atoms with E-state index in [1.54, 1.807) is 12.3 Å². The Kier molecular flexibility index (Phi) is 5.62. The number of pyridine rings is 1. The van der Waals surface area contributed by atoms with Gasteiger partial charge in [0, 0.05) is 24.5 Å². The summed E-state index contributed by atoms with van der Waals surface area (Å²) in [5, 5.41) is 6.14. The molecule has 18 heavy (non-hydrogen) atoms. The van der Waals surface area contributed by atoms with Gasteiger partial charge in [-0.1, -0.05) is 13.8 Å². The van der Waals surface area contributed by atoms with Gasteiger partial charge in [-0.25, -0.2) is 0 Å². The predicted molar refractivity (Wildman–Crippen MR) is 74.8 cm³/mol. The minimum atomic E-state index is -0.127. The Morgan fingerprint density at radius 3 is 2.72 bits per heavy atom. The molecule has 0 aliphatic carbocycles. The van der Waals surface area contributed by atoms with Crippen LogP contribution in [0.25, 0.3) is 0 Å². The number of nitrogens with zero attached hydrogens (tertiary/aromatic N) is 1. The summed E-state index contributed by atoms with van der Waals surface area (Å²) < 4.78 is 0. The van der Waals surface area contributed by atoms with E-state index in [1.807, 2.05) is 13.0 Å². The van der Waals surface area contributed by atoms with Crippen LogP contribution in [-0.2, 0) is 0 Å². The summed E-state index contributed by atoms with van der Waals surface area (Å²) in [5.41, 5.74) is 1.40. The van der Waals surface area contributed by atoms with Gasteiger partial charge < -0.3 is 10.6 Å². The maximum atomic E-state index is 11.7. The first-order valence-corrected chi connectivity index (χ1v) is 6.53. The topological polar surface area (TPSA) is 54.0 Å². The zero-order valence-electron chi connectivity index (χ0n) is 11.7. The van der Waals surface area contributed by atoms with E-state index in [-0.39, 0.29) is 5.91 Å². The lowest BCUT2D eigenvalue weighted by atomic mass is 10.1. The Labute approximate surface area is 109 Å². The Morgan fingerprint density at radius 2 is 2.11 bits per heavy atom. The van der Waals surface area contributed by atoms with Crippen LogP contribution in [0.4, 0.5) is 5.69 Å².